The van der Waals surface area contributed by atoms with Gasteiger partial charge < -0.3 is 5.32 Å². The standard InChI is InChI=1S/C6H8N6OS/c7-11-9-3-1-2-8-6(13)5-4-14-12-10-5/h4H,1-3H2,(H,8,13). The molecule has 8 heteroatoms. The van der Waals surface area contributed by atoms with Crippen molar-refractivity contribution in [3.8, 4) is 0 Å². The fourth-order valence-electron chi connectivity index (χ4n) is 0.751. The molecule has 0 spiro atoms. The maximum absolute atomic E-state index is 11.2. The van der Waals surface area contributed by atoms with Gasteiger partial charge in [0.2, 0.25) is 0 Å². The molecule has 0 saturated carbocycles. The van der Waals surface area contributed by atoms with E-state index in [1.807, 2.05) is 0 Å². The van der Waals surface area contributed by atoms with E-state index in [9.17, 15) is 4.79 Å². The molecule has 0 fully saturated rings. The van der Waals surface area contributed by atoms with Gasteiger partial charge in [-0.25, -0.2) is 0 Å². The quantitative estimate of drug-likeness (QED) is 0.340. The van der Waals surface area contributed by atoms with E-state index in [0.717, 1.165) is 11.5 Å². The number of amides is 1. The van der Waals surface area contributed by atoms with Crippen LogP contribution >= 0.6 is 11.5 Å². The third-order valence-corrected chi connectivity index (χ3v) is 1.88. The van der Waals surface area contributed by atoms with Crippen molar-refractivity contribution in [3.05, 3.63) is 21.5 Å². The van der Waals surface area contributed by atoms with Crippen molar-refractivity contribution in [2.24, 2.45) is 5.11 Å². The van der Waals surface area contributed by atoms with Crippen LogP contribution in [0, 0.1) is 0 Å². The third kappa shape index (κ3) is 3.38. The smallest absolute Gasteiger partial charge is 0.272 e. The Kier molecular flexibility index (Phi) is 4.39. The number of rotatable bonds is 5. The molecule has 0 atom stereocenters. The van der Waals surface area contributed by atoms with E-state index in [2.05, 4.69) is 24.9 Å². The third-order valence-electron chi connectivity index (χ3n) is 1.38. The van der Waals surface area contributed by atoms with E-state index >= 15 is 0 Å². The van der Waals surface area contributed by atoms with Crippen LogP contribution in [0.1, 0.15) is 16.9 Å². The van der Waals surface area contributed by atoms with Crippen molar-refractivity contribution in [1.29, 1.82) is 0 Å². The second kappa shape index (κ2) is 5.90. The van der Waals surface area contributed by atoms with Crippen LogP contribution in [0.15, 0.2) is 10.5 Å². The normalized spacial score (nSPS) is 9.14. The first-order valence-corrected chi connectivity index (χ1v) is 4.74. The maximum atomic E-state index is 11.2. The first kappa shape index (κ1) is 10.4. The van der Waals surface area contributed by atoms with Crippen molar-refractivity contribution >= 4 is 17.4 Å². The second-order valence-electron chi connectivity index (χ2n) is 2.35. The summed E-state index contributed by atoms with van der Waals surface area (Å²) in [5, 5.41) is 11.1. The number of azide groups is 1. The summed E-state index contributed by atoms with van der Waals surface area (Å²) in [6.07, 6.45) is 0.618. The molecule has 0 aliphatic heterocycles. The number of carbonyl (C=O) groups excluding carboxylic acids is 1. The summed E-state index contributed by atoms with van der Waals surface area (Å²) in [4.78, 5) is 13.8. The molecule has 7 nitrogen and oxygen atoms in total. The van der Waals surface area contributed by atoms with Gasteiger partial charge in [-0.2, -0.15) is 0 Å². The van der Waals surface area contributed by atoms with Crippen LogP contribution in [-0.2, 0) is 0 Å². The van der Waals surface area contributed by atoms with Gasteiger partial charge in [0.25, 0.3) is 5.91 Å². The molecular formula is C6H8N6OS. The van der Waals surface area contributed by atoms with E-state index in [0.29, 0.717) is 25.2 Å². The van der Waals surface area contributed by atoms with Gasteiger partial charge >= 0.3 is 0 Å². The van der Waals surface area contributed by atoms with Gasteiger partial charge in [-0.15, -0.1) is 5.10 Å². The SMILES string of the molecule is [N-]=[N+]=NCCCNC(=O)c1csnn1. The van der Waals surface area contributed by atoms with Crippen LogP contribution < -0.4 is 5.32 Å². The van der Waals surface area contributed by atoms with Gasteiger partial charge in [0.05, 0.1) is 0 Å². The zero-order valence-electron chi connectivity index (χ0n) is 7.25. The van der Waals surface area contributed by atoms with Crippen LogP contribution in [0.25, 0.3) is 10.4 Å². The Morgan fingerprint density at radius 2 is 2.64 bits per heavy atom. The average Bonchev–Trinajstić information content (AvgIpc) is 2.70. The Morgan fingerprint density at radius 1 is 1.79 bits per heavy atom. The maximum Gasteiger partial charge on any atom is 0.272 e. The van der Waals surface area contributed by atoms with Crippen molar-refractivity contribution in [3.63, 3.8) is 0 Å². The number of carbonyl (C=O) groups is 1. The highest BCUT2D eigenvalue weighted by Gasteiger charge is 2.06. The molecule has 0 saturated heterocycles. The summed E-state index contributed by atoms with van der Waals surface area (Å²) in [5.74, 6) is -0.250. The Morgan fingerprint density at radius 3 is 3.29 bits per heavy atom. The predicted octanol–water partition coefficient (Wildman–Crippen LogP) is 0.968. The molecule has 74 valence electrons. The minimum atomic E-state index is -0.250. The molecule has 0 radical (unpaired) electrons. The Bertz CT molecular complexity index is 330. The van der Waals surface area contributed by atoms with Crippen LogP contribution in [0.2, 0.25) is 0 Å². The summed E-state index contributed by atoms with van der Waals surface area (Å²) in [6.45, 7) is 0.849. The van der Waals surface area contributed by atoms with E-state index < -0.39 is 0 Å². The summed E-state index contributed by atoms with van der Waals surface area (Å²) in [6, 6.07) is 0. The van der Waals surface area contributed by atoms with Crippen LogP contribution in [-0.4, -0.2) is 28.6 Å². The number of hydrogen-bond donors (Lipinski definition) is 1. The molecule has 14 heavy (non-hydrogen) atoms. The molecule has 1 aromatic heterocycles. The van der Waals surface area contributed by atoms with Gasteiger partial charge in [-0.1, -0.05) is 9.60 Å². The first-order valence-electron chi connectivity index (χ1n) is 3.90. The number of hydrogen-bond acceptors (Lipinski definition) is 5. The lowest BCUT2D eigenvalue weighted by Gasteiger charge is -1.99. The number of nitrogens with one attached hydrogen (secondary N) is 1. The predicted molar refractivity (Wildman–Crippen MR) is 50.9 cm³/mol. The molecule has 1 N–H and O–H groups in total. The molecule has 0 aliphatic rings. The molecule has 1 amide bonds. The van der Waals surface area contributed by atoms with Crippen molar-refractivity contribution in [2.75, 3.05) is 13.1 Å². The van der Waals surface area contributed by atoms with Gasteiger partial charge in [0, 0.05) is 23.4 Å². The molecular weight excluding hydrogens is 204 g/mol. The second-order valence-corrected chi connectivity index (χ2v) is 2.96. The summed E-state index contributed by atoms with van der Waals surface area (Å²) >= 11 is 1.13. The molecule has 0 aliphatic carbocycles. The molecule has 0 aromatic carbocycles. The molecule has 1 aromatic rings. The van der Waals surface area contributed by atoms with Gasteiger partial charge in [-0.05, 0) is 23.5 Å². The van der Waals surface area contributed by atoms with Crippen LogP contribution in [0.4, 0.5) is 0 Å². The van der Waals surface area contributed by atoms with Gasteiger partial charge in [0.15, 0.2) is 5.69 Å². The lowest BCUT2D eigenvalue weighted by molar-refractivity contribution is 0.0948. The number of nitrogens with zero attached hydrogens (tertiary/aromatic N) is 5. The lowest BCUT2D eigenvalue weighted by atomic mass is 10.4. The van der Waals surface area contributed by atoms with Crippen molar-refractivity contribution in [1.82, 2.24) is 14.9 Å². The van der Waals surface area contributed by atoms with Gasteiger partial charge in [-0.3, -0.25) is 4.79 Å². The van der Waals surface area contributed by atoms with Gasteiger partial charge in [0.1, 0.15) is 0 Å². The van der Waals surface area contributed by atoms with E-state index in [4.69, 9.17) is 5.53 Å². The van der Waals surface area contributed by atoms with E-state index in [1.54, 1.807) is 5.38 Å². The highest BCUT2D eigenvalue weighted by atomic mass is 32.1. The molecule has 1 rings (SSSR count). The largest absolute Gasteiger partial charge is 0.351 e. The first-order chi connectivity index (χ1) is 6.84. The Labute approximate surface area is 83.9 Å². The fraction of sp³-hybridized carbons (Fsp3) is 0.500. The Hall–Kier alpha value is -1.66. The topological polar surface area (TPSA) is 104 Å². The fourth-order valence-corrected chi connectivity index (χ4v) is 1.19. The average molecular weight is 212 g/mol. The Balaban J connectivity index is 2.19. The highest BCUT2D eigenvalue weighted by molar-refractivity contribution is 7.03. The molecule has 0 bridgehead atoms. The summed E-state index contributed by atoms with van der Waals surface area (Å²) in [5.41, 5.74) is 8.30. The molecule has 0 unspecified atom stereocenters. The van der Waals surface area contributed by atoms with Crippen LogP contribution in [0.3, 0.4) is 0 Å². The monoisotopic (exact) mass is 212 g/mol. The zero-order chi connectivity index (χ0) is 10.2. The summed E-state index contributed by atoms with van der Waals surface area (Å²) < 4.78 is 3.57. The minimum Gasteiger partial charge on any atom is -0.351 e. The number of aromatic nitrogens is 2. The van der Waals surface area contributed by atoms with E-state index in [1.165, 1.54) is 0 Å². The van der Waals surface area contributed by atoms with Crippen molar-refractivity contribution < 1.29 is 4.79 Å². The minimum absolute atomic E-state index is 0.250. The lowest BCUT2D eigenvalue weighted by Crippen LogP contribution is -2.25. The highest BCUT2D eigenvalue weighted by Crippen LogP contribution is 1.95. The molecule has 1 heterocycles. The zero-order valence-corrected chi connectivity index (χ0v) is 8.07. The van der Waals surface area contributed by atoms with Crippen LogP contribution in [0.5, 0.6) is 0 Å². The summed E-state index contributed by atoms with van der Waals surface area (Å²) in [7, 11) is 0. The van der Waals surface area contributed by atoms with Crippen molar-refractivity contribution in [2.45, 2.75) is 6.42 Å². The van der Waals surface area contributed by atoms with E-state index in [-0.39, 0.29) is 5.91 Å².